The third kappa shape index (κ3) is 10.8. The summed E-state index contributed by atoms with van der Waals surface area (Å²) in [6.07, 6.45) is 3.24. The Balaban J connectivity index is 2.55. The molecule has 0 bridgehead atoms. The SMILES string of the molecule is CC(C)CC(CC(=O)OC(C)OC(=O)OC1CCCCC1)C(N)C(=O)OC(C)(C)C. The van der Waals surface area contributed by atoms with Crippen LogP contribution in [0.25, 0.3) is 0 Å². The van der Waals surface area contributed by atoms with Gasteiger partial charge in [0.05, 0.1) is 6.42 Å². The van der Waals surface area contributed by atoms with Crippen LogP contribution in [-0.2, 0) is 28.5 Å². The molecule has 30 heavy (non-hydrogen) atoms. The zero-order chi connectivity index (χ0) is 22.9. The Labute approximate surface area is 180 Å². The molecule has 0 aromatic rings. The van der Waals surface area contributed by atoms with E-state index in [2.05, 4.69) is 0 Å². The number of esters is 2. The molecule has 0 spiro atoms. The Morgan fingerprint density at radius 3 is 2.13 bits per heavy atom. The molecule has 8 nitrogen and oxygen atoms in total. The first-order chi connectivity index (χ1) is 13.9. The predicted octanol–water partition coefficient (Wildman–Crippen LogP) is 4.08. The van der Waals surface area contributed by atoms with Crippen LogP contribution in [-0.4, -0.2) is 42.1 Å². The molecule has 1 fully saturated rings. The summed E-state index contributed by atoms with van der Waals surface area (Å²) in [5.74, 6) is -1.39. The average Bonchev–Trinajstić information content (AvgIpc) is 2.59. The summed E-state index contributed by atoms with van der Waals surface area (Å²) in [4.78, 5) is 36.6. The molecule has 3 unspecified atom stereocenters. The van der Waals surface area contributed by atoms with Gasteiger partial charge in [-0.2, -0.15) is 0 Å². The Morgan fingerprint density at radius 2 is 1.60 bits per heavy atom. The molecular formula is C22H39NO7. The highest BCUT2D eigenvalue weighted by molar-refractivity contribution is 5.78. The fraction of sp³-hybridized carbons (Fsp3) is 0.864. The number of hydrogen-bond acceptors (Lipinski definition) is 8. The third-order valence-electron chi connectivity index (χ3n) is 4.76. The van der Waals surface area contributed by atoms with E-state index in [0.29, 0.717) is 6.42 Å². The molecule has 0 amide bonds. The van der Waals surface area contributed by atoms with E-state index in [1.54, 1.807) is 20.8 Å². The van der Waals surface area contributed by atoms with Crippen LogP contribution in [0.15, 0.2) is 0 Å². The smallest absolute Gasteiger partial charge is 0.459 e. The Bertz CT molecular complexity index is 564. The third-order valence-corrected chi connectivity index (χ3v) is 4.76. The minimum atomic E-state index is -1.09. The first-order valence-electron chi connectivity index (χ1n) is 10.9. The van der Waals surface area contributed by atoms with E-state index < -0.39 is 41.9 Å². The molecule has 0 aromatic carbocycles. The number of carbonyl (C=O) groups is 3. The van der Waals surface area contributed by atoms with Crippen molar-refractivity contribution >= 4 is 18.1 Å². The van der Waals surface area contributed by atoms with Crippen LogP contribution in [0.5, 0.6) is 0 Å². The van der Waals surface area contributed by atoms with Crippen LogP contribution in [0.2, 0.25) is 0 Å². The lowest BCUT2D eigenvalue weighted by atomic mass is 9.88. The maximum absolute atomic E-state index is 12.4. The van der Waals surface area contributed by atoms with Crippen molar-refractivity contribution in [2.75, 3.05) is 0 Å². The molecule has 0 aromatic heterocycles. The second-order valence-corrected chi connectivity index (χ2v) is 9.46. The second kappa shape index (κ2) is 12.1. The maximum atomic E-state index is 12.4. The lowest BCUT2D eigenvalue weighted by Gasteiger charge is -2.27. The summed E-state index contributed by atoms with van der Waals surface area (Å²) in [6, 6.07) is -0.952. The maximum Gasteiger partial charge on any atom is 0.511 e. The second-order valence-electron chi connectivity index (χ2n) is 9.46. The summed E-state index contributed by atoms with van der Waals surface area (Å²) in [5.41, 5.74) is 5.43. The summed E-state index contributed by atoms with van der Waals surface area (Å²) in [7, 11) is 0. The van der Waals surface area contributed by atoms with Crippen LogP contribution >= 0.6 is 0 Å². The van der Waals surface area contributed by atoms with Crippen LogP contribution in [0.4, 0.5) is 4.79 Å². The summed E-state index contributed by atoms with van der Waals surface area (Å²) in [6.45, 7) is 10.7. The van der Waals surface area contributed by atoms with Gasteiger partial charge in [0.25, 0.3) is 0 Å². The van der Waals surface area contributed by atoms with Crippen LogP contribution in [0.1, 0.15) is 86.5 Å². The highest BCUT2D eigenvalue weighted by atomic mass is 16.8. The highest BCUT2D eigenvalue weighted by Gasteiger charge is 2.32. The largest absolute Gasteiger partial charge is 0.511 e. The minimum Gasteiger partial charge on any atom is -0.459 e. The van der Waals surface area contributed by atoms with Crippen molar-refractivity contribution in [2.45, 2.75) is 111 Å². The Morgan fingerprint density at radius 1 is 1.00 bits per heavy atom. The summed E-state index contributed by atoms with van der Waals surface area (Å²) in [5, 5.41) is 0. The molecule has 3 atom stereocenters. The molecule has 1 rings (SSSR count). The van der Waals surface area contributed by atoms with Crippen molar-refractivity contribution in [2.24, 2.45) is 17.6 Å². The summed E-state index contributed by atoms with van der Waals surface area (Å²) >= 11 is 0. The normalized spacial score (nSPS) is 18.3. The molecule has 1 aliphatic rings. The van der Waals surface area contributed by atoms with Gasteiger partial charge in [0, 0.05) is 6.92 Å². The topological polar surface area (TPSA) is 114 Å². The number of carbonyl (C=O) groups excluding carboxylic acids is 3. The predicted molar refractivity (Wildman–Crippen MR) is 111 cm³/mol. The Kier molecular flexibility index (Phi) is 10.6. The molecule has 1 aliphatic carbocycles. The molecule has 2 N–H and O–H groups in total. The number of rotatable bonds is 9. The number of ether oxygens (including phenoxy) is 4. The fourth-order valence-corrected chi connectivity index (χ4v) is 3.48. The van der Waals surface area contributed by atoms with Gasteiger partial charge in [0.2, 0.25) is 6.29 Å². The molecule has 8 heteroatoms. The van der Waals surface area contributed by atoms with E-state index in [9.17, 15) is 14.4 Å². The first kappa shape index (κ1) is 26.2. The van der Waals surface area contributed by atoms with Gasteiger partial charge in [-0.1, -0.05) is 20.3 Å². The zero-order valence-electron chi connectivity index (χ0n) is 19.3. The fourth-order valence-electron chi connectivity index (χ4n) is 3.48. The summed E-state index contributed by atoms with van der Waals surface area (Å²) < 4.78 is 20.8. The zero-order valence-corrected chi connectivity index (χ0v) is 19.3. The van der Waals surface area contributed by atoms with Gasteiger partial charge in [-0.3, -0.25) is 9.59 Å². The van der Waals surface area contributed by atoms with Gasteiger partial charge in [0.15, 0.2) is 0 Å². The van der Waals surface area contributed by atoms with Crippen LogP contribution < -0.4 is 5.73 Å². The van der Waals surface area contributed by atoms with Gasteiger partial charge in [-0.05, 0) is 64.7 Å². The van der Waals surface area contributed by atoms with E-state index in [1.807, 2.05) is 13.8 Å². The molecule has 0 heterocycles. The van der Waals surface area contributed by atoms with E-state index in [-0.39, 0.29) is 18.4 Å². The standard InChI is InChI=1S/C22H39NO7/c1-14(2)12-16(19(23)20(25)30-22(4,5)6)13-18(24)27-15(3)28-21(26)29-17-10-8-7-9-11-17/h14-17,19H,7-13,23H2,1-6H3. The molecule has 0 radical (unpaired) electrons. The Hall–Kier alpha value is -1.83. The van der Waals surface area contributed by atoms with E-state index in [0.717, 1.165) is 32.1 Å². The lowest BCUT2D eigenvalue weighted by Crippen LogP contribution is -2.44. The van der Waals surface area contributed by atoms with E-state index >= 15 is 0 Å². The molecule has 1 saturated carbocycles. The van der Waals surface area contributed by atoms with Crippen molar-refractivity contribution in [1.29, 1.82) is 0 Å². The van der Waals surface area contributed by atoms with Crippen LogP contribution in [0.3, 0.4) is 0 Å². The quantitative estimate of drug-likeness (QED) is 0.331. The minimum absolute atomic E-state index is 0.0794. The molecule has 0 aliphatic heterocycles. The highest BCUT2D eigenvalue weighted by Crippen LogP contribution is 2.23. The molecular weight excluding hydrogens is 390 g/mol. The monoisotopic (exact) mass is 429 g/mol. The number of nitrogens with two attached hydrogens (primary N) is 1. The van der Waals surface area contributed by atoms with Gasteiger partial charge < -0.3 is 24.7 Å². The van der Waals surface area contributed by atoms with Crippen molar-refractivity contribution in [3.05, 3.63) is 0 Å². The average molecular weight is 430 g/mol. The molecule has 174 valence electrons. The number of hydrogen-bond donors (Lipinski definition) is 1. The van der Waals surface area contributed by atoms with Gasteiger partial charge >= 0.3 is 18.1 Å². The van der Waals surface area contributed by atoms with E-state index in [4.69, 9.17) is 24.7 Å². The van der Waals surface area contributed by atoms with Crippen molar-refractivity contribution in [1.82, 2.24) is 0 Å². The van der Waals surface area contributed by atoms with Gasteiger partial charge in [0.1, 0.15) is 17.7 Å². The molecule has 0 saturated heterocycles. The van der Waals surface area contributed by atoms with Gasteiger partial charge in [-0.25, -0.2) is 4.79 Å². The lowest BCUT2D eigenvalue weighted by molar-refractivity contribution is -0.171. The van der Waals surface area contributed by atoms with Gasteiger partial charge in [-0.15, -0.1) is 0 Å². The van der Waals surface area contributed by atoms with E-state index in [1.165, 1.54) is 6.92 Å². The van der Waals surface area contributed by atoms with Crippen molar-refractivity contribution < 1.29 is 33.3 Å². The van der Waals surface area contributed by atoms with Crippen LogP contribution in [0, 0.1) is 11.8 Å². The van der Waals surface area contributed by atoms with Crippen molar-refractivity contribution in [3.63, 3.8) is 0 Å². The first-order valence-corrected chi connectivity index (χ1v) is 10.9. The van der Waals surface area contributed by atoms with Crippen molar-refractivity contribution in [3.8, 4) is 0 Å².